The van der Waals surface area contributed by atoms with E-state index in [0.29, 0.717) is 27.6 Å². The Labute approximate surface area is 149 Å². The maximum atomic E-state index is 6.10. The van der Waals surface area contributed by atoms with E-state index in [1.165, 1.54) is 6.33 Å². The second-order valence-corrected chi connectivity index (χ2v) is 5.85. The summed E-state index contributed by atoms with van der Waals surface area (Å²) in [5, 5.41) is 6.07. The van der Waals surface area contributed by atoms with Crippen molar-refractivity contribution in [2.75, 3.05) is 5.73 Å². The van der Waals surface area contributed by atoms with Gasteiger partial charge in [-0.1, -0.05) is 29.7 Å². The van der Waals surface area contributed by atoms with E-state index in [2.05, 4.69) is 15.9 Å². The fourth-order valence-corrected chi connectivity index (χ4v) is 2.79. The third kappa shape index (κ3) is 2.59. The van der Waals surface area contributed by atoms with Crippen molar-refractivity contribution in [2.24, 2.45) is 0 Å². The lowest BCUT2D eigenvalue weighted by Crippen LogP contribution is -1.99. The highest BCUT2D eigenvalue weighted by molar-refractivity contribution is 6.30. The number of halogens is 1. The molecule has 5 nitrogen and oxygen atoms in total. The van der Waals surface area contributed by atoms with Crippen molar-refractivity contribution in [2.45, 2.75) is 0 Å². The maximum absolute atomic E-state index is 6.10. The number of rotatable bonds is 2. The van der Waals surface area contributed by atoms with E-state index in [1.54, 1.807) is 4.68 Å². The van der Waals surface area contributed by atoms with Gasteiger partial charge in [-0.15, -0.1) is 6.42 Å². The molecule has 0 saturated heterocycles. The minimum atomic E-state index is 0.376. The van der Waals surface area contributed by atoms with E-state index in [4.69, 9.17) is 28.9 Å². The van der Waals surface area contributed by atoms with Crippen molar-refractivity contribution >= 4 is 28.5 Å². The highest BCUT2D eigenvalue weighted by Crippen LogP contribution is 2.32. The van der Waals surface area contributed by atoms with Gasteiger partial charge in [0.15, 0.2) is 5.65 Å². The van der Waals surface area contributed by atoms with Crippen LogP contribution >= 0.6 is 11.6 Å². The topological polar surface area (TPSA) is 69.6 Å². The van der Waals surface area contributed by atoms with Crippen LogP contribution in [0, 0.1) is 12.3 Å². The van der Waals surface area contributed by atoms with Crippen molar-refractivity contribution < 1.29 is 0 Å². The van der Waals surface area contributed by atoms with E-state index in [-0.39, 0.29) is 0 Å². The molecule has 0 spiro atoms. The minimum Gasteiger partial charge on any atom is -0.383 e. The van der Waals surface area contributed by atoms with Crippen LogP contribution in [0.1, 0.15) is 5.56 Å². The SMILES string of the molecule is C#Cc1ccc(-n2nc(-c3ccc(Cl)cc3)c3c(N)ncnc32)cc1. The molecule has 2 N–H and O–H groups in total. The summed E-state index contributed by atoms with van der Waals surface area (Å²) in [5.74, 6) is 2.98. The van der Waals surface area contributed by atoms with E-state index in [0.717, 1.165) is 16.8 Å². The molecule has 0 aliphatic rings. The number of nitrogens with zero attached hydrogens (tertiary/aromatic N) is 4. The summed E-state index contributed by atoms with van der Waals surface area (Å²) >= 11 is 5.99. The molecular weight excluding hydrogens is 334 g/mol. The van der Waals surface area contributed by atoms with Crippen molar-refractivity contribution in [1.29, 1.82) is 0 Å². The van der Waals surface area contributed by atoms with Crippen molar-refractivity contribution in [3.05, 3.63) is 65.4 Å². The Morgan fingerprint density at radius 3 is 2.40 bits per heavy atom. The number of fused-ring (bicyclic) bond motifs is 1. The quantitative estimate of drug-likeness (QED) is 0.562. The summed E-state index contributed by atoms with van der Waals surface area (Å²) in [4.78, 5) is 8.47. The third-order valence-corrected chi connectivity index (χ3v) is 4.14. The molecule has 2 aromatic heterocycles. The fraction of sp³-hybridized carbons (Fsp3) is 0. The minimum absolute atomic E-state index is 0.376. The van der Waals surface area contributed by atoms with E-state index in [1.807, 2.05) is 48.5 Å². The molecular formula is C19H12ClN5. The molecule has 25 heavy (non-hydrogen) atoms. The molecule has 4 rings (SSSR count). The Bertz CT molecular complexity index is 1110. The summed E-state index contributed by atoms with van der Waals surface area (Å²) in [6.07, 6.45) is 6.85. The Morgan fingerprint density at radius 2 is 1.72 bits per heavy atom. The molecule has 0 unspecified atom stereocenters. The zero-order valence-corrected chi connectivity index (χ0v) is 13.8. The highest BCUT2D eigenvalue weighted by atomic mass is 35.5. The van der Waals surface area contributed by atoms with E-state index < -0.39 is 0 Å². The molecule has 0 radical (unpaired) electrons. The molecule has 120 valence electrons. The van der Waals surface area contributed by atoms with Crippen molar-refractivity contribution in [3.8, 4) is 29.3 Å². The second kappa shape index (κ2) is 5.93. The molecule has 0 aliphatic carbocycles. The zero-order valence-electron chi connectivity index (χ0n) is 13.0. The number of hydrogen-bond donors (Lipinski definition) is 1. The first kappa shape index (κ1) is 15.2. The van der Waals surface area contributed by atoms with Crippen molar-refractivity contribution in [1.82, 2.24) is 19.7 Å². The van der Waals surface area contributed by atoms with Crippen LogP contribution in [0.15, 0.2) is 54.9 Å². The van der Waals surface area contributed by atoms with Gasteiger partial charge in [-0.2, -0.15) is 5.10 Å². The van der Waals surface area contributed by atoms with Gasteiger partial charge >= 0.3 is 0 Å². The second-order valence-electron chi connectivity index (χ2n) is 5.42. The molecule has 6 heteroatoms. The summed E-state index contributed by atoms with van der Waals surface area (Å²) in [5.41, 5.74) is 9.95. The van der Waals surface area contributed by atoms with Gasteiger partial charge in [0.1, 0.15) is 17.8 Å². The van der Waals surface area contributed by atoms with Crippen LogP contribution in [0.4, 0.5) is 5.82 Å². The largest absolute Gasteiger partial charge is 0.383 e. The van der Waals surface area contributed by atoms with Crippen molar-refractivity contribution in [3.63, 3.8) is 0 Å². The number of aromatic nitrogens is 4. The van der Waals surface area contributed by atoms with Gasteiger partial charge in [0, 0.05) is 16.1 Å². The molecule has 0 fully saturated rings. The first-order valence-electron chi connectivity index (χ1n) is 7.49. The standard InChI is InChI=1S/C19H12ClN5/c1-2-12-3-9-15(10-4-12)25-19-16(18(21)22-11-23-19)17(24-25)13-5-7-14(20)8-6-13/h1,3-11H,(H2,21,22,23). The highest BCUT2D eigenvalue weighted by Gasteiger charge is 2.17. The van der Waals surface area contributed by atoms with Gasteiger partial charge < -0.3 is 5.73 Å². The maximum Gasteiger partial charge on any atom is 0.169 e. The lowest BCUT2D eigenvalue weighted by Gasteiger charge is -2.02. The van der Waals surface area contributed by atoms with Gasteiger partial charge in [0.25, 0.3) is 0 Å². The van der Waals surface area contributed by atoms with Gasteiger partial charge in [-0.05, 0) is 36.4 Å². The summed E-state index contributed by atoms with van der Waals surface area (Å²) in [6.45, 7) is 0. The summed E-state index contributed by atoms with van der Waals surface area (Å²) < 4.78 is 1.73. The Balaban J connectivity index is 1.98. The summed E-state index contributed by atoms with van der Waals surface area (Å²) in [7, 11) is 0. The van der Waals surface area contributed by atoms with Crippen LogP contribution in [0.3, 0.4) is 0 Å². The molecule has 0 aliphatic heterocycles. The van der Waals surface area contributed by atoms with Gasteiger partial charge in [-0.25, -0.2) is 14.6 Å². The van der Waals surface area contributed by atoms with Crippen LogP contribution in [0.2, 0.25) is 5.02 Å². The van der Waals surface area contributed by atoms with Gasteiger partial charge in [-0.3, -0.25) is 0 Å². The molecule has 0 bridgehead atoms. The normalized spacial score (nSPS) is 10.7. The third-order valence-electron chi connectivity index (χ3n) is 3.89. The molecule has 0 atom stereocenters. The number of nitrogens with two attached hydrogens (primary N) is 1. The average molecular weight is 346 g/mol. The molecule has 0 amide bonds. The van der Waals surface area contributed by atoms with Crippen LogP contribution in [0.25, 0.3) is 28.0 Å². The lowest BCUT2D eigenvalue weighted by atomic mass is 10.1. The first-order valence-corrected chi connectivity index (χ1v) is 7.87. The van der Waals surface area contributed by atoms with Crippen LogP contribution in [0.5, 0.6) is 0 Å². The molecule has 2 heterocycles. The van der Waals surface area contributed by atoms with Gasteiger partial charge in [0.05, 0.1) is 11.1 Å². The smallest absolute Gasteiger partial charge is 0.169 e. The fourth-order valence-electron chi connectivity index (χ4n) is 2.66. The number of benzene rings is 2. The molecule has 0 saturated carbocycles. The van der Waals surface area contributed by atoms with E-state index >= 15 is 0 Å². The number of anilines is 1. The van der Waals surface area contributed by atoms with Gasteiger partial charge in [0.2, 0.25) is 0 Å². The number of terminal acetylenes is 1. The lowest BCUT2D eigenvalue weighted by molar-refractivity contribution is 0.899. The van der Waals surface area contributed by atoms with Crippen LogP contribution in [-0.2, 0) is 0 Å². The average Bonchev–Trinajstić information content (AvgIpc) is 3.03. The van der Waals surface area contributed by atoms with E-state index in [9.17, 15) is 0 Å². The Hall–Kier alpha value is -3.36. The number of hydrogen-bond acceptors (Lipinski definition) is 4. The summed E-state index contributed by atoms with van der Waals surface area (Å²) in [6, 6.07) is 14.9. The predicted molar refractivity (Wildman–Crippen MR) is 99.5 cm³/mol. The Morgan fingerprint density at radius 1 is 1.00 bits per heavy atom. The van der Waals surface area contributed by atoms with Crippen LogP contribution < -0.4 is 5.73 Å². The molecule has 2 aromatic carbocycles. The monoisotopic (exact) mass is 345 g/mol. The molecule has 4 aromatic rings. The number of nitrogen functional groups attached to an aromatic ring is 1. The first-order chi connectivity index (χ1) is 12.2. The predicted octanol–water partition coefficient (Wildman–Crippen LogP) is 3.70. The van der Waals surface area contributed by atoms with Crippen LogP contribution in [-0.4, -0.2) is 19.7 Å². The Kier molecular flexibility index (Phi) is 3.60. The zero-order chi connectivity index (χ0) is 17.4.